The van der Waals surface area contributed by atoms with E-state index in [-0.39, 0.29) is 17.2 Å². The summed E-state index contributed by atoms with van der Waals surface area (Å²) in [7, 11) is 1.43. The number of methoxy groups -OCH3 is 1. The average Bonchev–Trinajstić information content (AvgIpc) is 3.34. The summed E-state index contributed by atoms with van der Waals surface area (Å²) >= 11 is 1.27. The average molecular weight is 455 g/mol. The summed E-state index contributed by atoms with van der Waals surface area (Å²) in [5.41, 5.74) is 2.59. The molecule has 0 bridgehead atoms. The van der Waals surface area contributed by atoms with Crippen molar-refractivity contribution in [1.82, 2.24) is 5.43 Å². The number of nitro groups is 1. The molecule has 0 radical (unpaired) electrons. The lowest BCUT2D eigenvalue weighted by Gasteiger charge is -2.09. The van der Waals surface area contributed by atoms with Crippen LogP contribution in [0.2, 0.25) is 0 Å². The number of nitrogens with zero attached hydrogens (tertiary/aromatic N) is 2. The Kier molecular flexibility index (Phi) is 7.49. The van der Waals surface area contributed by atoms with Crippen molar-refractivity contribution in [2.75, 3.05) is 13.7 Å². The SMILES string of the molecule is COc1cc(/C=N/NC(=O)COc2ccccc2[N+](=O)[O-])ccc1OC(=O)c1cccs1. The molecule has 0 spiro atoms. The number of carbonyl (C=O) groups excluding carboxylic acids is 2. The fraction of sp³-hybridized carbons (Fsp3) is 0.0952. The second-order valence-electron chi connectivity index (χ2n) is 6.08. The molecule has 0 aliphatic rings. The Balaban J connectivity index is 1.56. The molecule has 11 heteroatoms. The van der Waals surface area contributed by atoms with Crippen LogP contribution >= 0.6 is 11.3 Å². The summed E-state index contributed by atoms with van der Waals surface area (Å²) in [6.07, 6.45) is 1.36. The first kappa shape index (κ1) is 22.4. The van der Waals surface area contributed by atoms with E-state index in [9.17, 15) is 19.7 Å². The van der Waals surface area contributed by atoms with Gasteiger partial charge in [0.2, 0.25) is 0 Å². The number of rotatable bonds is 9. The molecule has 1 heterocycles. The Morgan fingerprint density at radius 3 is 2.66 bits per heavy atom. The first-order valence-corrected chi connectivity index (χ1v) is 9.97. The molecule has 2 aromatic carbocycles. The number of carbonyl (C=O) groups is 2. The Morgan fingerprint density at radius 2 is 1.94 bits per heavy atom. The van der Waals surface area contributed by atoms with E-state index in [0.29, 0.717) is 16.2 Å². The van der Waals surface area contributed by atoms with E-state index in [4.69, 9.17) is 14.2 Å². The summed E-state index contributed by atoms with van der Waals surface area (Å²) in [5, 5.41) is 16.5. The predicted octanol–water partition coefficient (Wildman–Crippen LogP) is 3.41. The maximum atomic E-state index is 12.1. The number of amides is 1. The summed E-state index contributed by atoms with van der Waals surface area (Å²) < 4.78 is 15.8. The number of benzene rings is 2. The van der Waals surface area contributed by atoms with E-state index < -0.39 is 23.4 Å². The van der Waals surface area contributed by atoms with Crippen LogP contribution in [0.4, 0.5) is 5.69 Å². The van der Waals surface area contributed by atoms with Crippen molar-refractivity contribution in [3.8, 4) is 17.2 Å². The zero-order valence-corrected chi connectivity index (χ0v) is 17.5. The fourth-order valence-corrected chi connectivity index (χ4v) is 3.08. The third-order valence-corrected chi connectivity index (χ3v) is 4.79. The Labute approximate surface area is 186 Å². The lowest BCUT2D eigenvalue weighted by atomic mass is 10.2. The second-order valence-corrected chi connectivity index (χ2v) is 7.03. The van der Waals surface area contributed by atoms with Crippen molar-refractivity contribution in [1.29, 1.82) is 0 Å². The maximum Gasteiger partial charge on any atom is 0.353 e. The minimum Gasteiger partial charge on any atom is -0.493 e. The van der Waals surface area contributed by atoms with Gasteiger partial charge in [0.05, 0.1) is 18.2 Å². The number of hydrogen-bond acceptors (Lipinski definition) is 9. The summed E-state index contributed by atoms with van der Waals surface area (Å²) in [5.74, 6) is -0.567. The fourth-order valence-electron chi connectivity index (χ4n) is 2.48. The third-order valence-electron chi connectivity index (χ3n) is 3.94. The molecule has 3 rings (SSSR count). The van der Waals surface area contributed by atoms with Crippen molar-refractivity contribution in [3.05, 3.63) is 80.5 Å². The highest BCUT2D eigenvalue weighted by Crippen LogP contribution is 2.29. The lowest BCUT2D eigenvalue weighted by Crippen LogP contribution is -2.24. The van der Waals surface area contributed by atoms with Gasteiger partial charge in [-0.25, -0.2) is 10.2 Å². The minimum atomic E-state index is -0.604. The maximum absolute atomic E-state index is 12.1. The summed E-state index contributed by atoms with van der Waals surface area (Å²) in [6, 6.07) is 13.9. The van der Waals surface area contributed by atoms with Crippen molar-refractivity contribution in [2.24, 2.45) is 5.10 Å². The molecule has 1 aromatic heterocycles. The van der Waals surface area contributed by atoms with E-state index in [2.05, 4.69) is 10.5 Å². The molecular weight excluding hydrogens is 438 g/mol. The number of hydrogen-bond donors (Lipinski definition) is 1. The number of hydrazone groups is 1. The van der Waals surface area contributed by atoms with Gasteiger partial charge in [0, 0.05) is 6.07 Å². The molecule has 0 saturated heterocycles. The van der Waals surface area contributed by atoms with Crippen LogP contribution in [0.25, 0.3) is 0 Å². The zero-order chi connectivity index (χ0) is 22.9. The molecule has 1 N–H and O–H groups in total. The standard InChI is InChI=1S/C21H17N3O7S/c1-29-18-11-14(8-9-17(18)31-21(26)19-7-4-10-32-19)12-22-23-20(25)13-30-16-6-3-2-5-15(16)24(27)28/h2-12H,13H2,1H3,(H,23,25)/b22-12+. The number of esters is 1. The smallest absolute Gasteiger partial charge is 0.353 e. The Bertz CT molecular complexity index is 1150. The van der Waals surface area contributed by atoms with Crippen LogP contribution < -0.4 is 19.6 Å². The Hall–Kier alpha value is -4.25. The topological polar surface area (TPSA) is 129 Å². The van der Waals surface area contributed by atoms with E-state index in [1.54, 1.807) is 41.8 Å². The summed E-state index contributed by atoms with van der Waals surface area (Å²) in [6.45, 7) is -0.455. The van der Waals surface area contributed by atoms with Crippen molar-refractivity contribution in [3.63, 3.8) is 0 Å². The van der Waals surface area contributed by atoms with Gasteiger partial charge in [0.25, 0.3) is 5.91 Å². The predicted molar refractivity (Wildman–Crippen MR) is 117 cm³/mol. The van der Waals surface area contributed by atoms with Gasteiger partial charge in [-0.05, 0) is 41.3 Å². The highest BCUT2D eigenvalue weighted by atomic mass is 32.1. The number of nitro benzene ring substituents is 1. The highest BCUT2D eigenvalue weighted by Gasteiger charge is 2.15. The van der Waals surface area contributed by atoms with Crippen molar-refractivity contribution >= 4 is 35.1 Å². The molecule has 1 amide bonds. The number of nitrogens with one attached hydrogen (secondary N) is 1. The van der Waals surface area contributed by atoms with Crippen LogP contribution in [0.5, 0.6) is 17.2 Å². The first-order valence-electron chi connectivity index (χ1n) is 9.10. The van der Waals surface area contributed by atoms with E-state index in [1.807, 2.05) is 0 Å². The van der Waals surface area contributed by atoms with Gasteiger partial charge in [-0.15, -0.1) is 11.3 Å². The number of para-hydroxylation sites is 2. The van der Waals surface area contributed by atoms with Crippen molar-refractivity contribution in [2.45, 2.75) is 0 Å². The lowest BCUT2D eigenvalue weighted by molar-refractivity contribution is -0.385. The van der Waals surface area contributed by atoms with Crippen LogP contribution in [-0.2, 0) is 4.79 Å². The minimum absolute atomic E-state index is 0.0194. The third kappa shape index (κ3) is 5.89. The van der Waals surface area contributed by atoms with Crippen LogP contribution in [-0.4, -0.2) is 36.7 Å². The van der Waals surface area contributed by atoms with Gasteiger partial charge in [-0.2, -0.15) is 5.10 Å². The molecule has 0 fully saturated rings. The van der Waals surface area contributed by atoms with E-state index in [0.717, 1.165) is 0 Å². The van der Waals surface area contributed by atoms with Crippen LogP contribution in [0.15, 0.2) is 65.1 Å². The quantitative estimate of drug-likeness (QED) is 0.172. The largest absolute Gasteiger partial charge is 0.493 e. The van der Waals surface area contributed by atoms with Crippen LogP contribution in [0, 0.1) is 10.1 Å². The molecule has 10 nitrogen and oxygen atoms in total. The number of thiophene rings is 1. The van der Waals surface area contributed by atoms with Crippen molar-refractivity contribution < 1.29 is 28.7 Å². The summed E-state index contributed by atoms with van der Waals surface area (Å²) in [4.78, 5) is 34.8. The molecule has 3 aromatic rings. The van der Waals surface area contributed by atoms with Crippen LogP contribution in [0.3, 0.4) is 0 Å². The molecule has 0 atom stereocenters. The van der Waals surface area contributed by atoms with Gasteiger partial charge in [-0.3, -0.25) is 14.9 Å². The second kappa shape index (κ2) is 10.7. The van der Waals surface area contributed by atoms with Gasteiger partial charge >= 0.3 is 11.7 Å². The zero-order valence-electron chi connectivity index (χ0n) is 16.7. The molecule has 164 valence electrons. The molecule has 0 aliphatic carbocycles. The Morgan fingerprint density at radius 1 is 1.12 bits per heavy atom. The first-order chi connectivity index (χ1) is 15.5. The monoisotopic (exact) mass is 455 g/mol. The van der Waals surface area contributed by atoms with E-state index >= 15 is 0 Å². The molecular formula is C21H17N3O7S. The normalized spacial score (nSPS) is 10.5. The van der Waals surface area contributed by atoms with Gasteiger partial charge in [0.15, 0.2) is 23.9 Å². The van der Waals surface area contributed by atoms with Gasteiger partial charge in [0.1, 0.15) is 4.88 Å². The highest BCUT2D eigenvalue weighted by molar-refractivity contribution is 7.12. The molecule has 0 saturated carbocycles. The molecule has 32 heavy (non-hydrogen) atoms. The van der Waals surface area contributed by atoms with Gasteiger partial charge < -0.3 is 14.2 Å². The van der Waals surface area contributed by atoms with Gasteiger partial charge in [-0.1, -0.05) is 18.2 Å². The molecule has 0 aliphatic heterocycles. The van der Waals surface area contributed by atoms with Crippen LogP contribution in [0.1, 0.15) is 15.2 Å². The molecule has 0 unspecified atom stereocenters. The van der Waals surface area contributed by atoms with E-state index in [1.165, 1.54) is 42.9 Å². The number of ether oxygens (including phenoxy) is 3.